The minimum absolute atomic E-state index is 0.0326. The van der Waals surface area contributed by atoms with Gasteiger partial charge in [-0.15, -0.1) is 0 Å². The molecule has 1 aliphatic rings. The molecule has 0 aliphatic carbocycles. The molecule has 1 saturated heterocycles. The summed E-state index contributed by atoms with van der Waals surface area (Å²) in [5.74, 6) is 0. The van der Waals surface area contributed by atoms with Crippen LogP contribution in [-0.2, 0) is 23.5 Å². The zero-order valence-corrected chi connectivity index (χ0v) is 20.3. The van der Waals surface area contributed by atoms with Gasteiger partial charge in [0.15, 0.2) is 8.32 Å². The summed E-state index contributed by atoms with van der Waals surface area (Å²) in [5.41, 5.74) is -0.641. The molecule has 0 aromatic carbocycles. The van der Waals surface area contributed by atoms with Crippen molar-refractivity contribution in [3.8, 4) is 0 Å². The summed E-state index contributed by atoms with van der Waals surface area (Å²) >= 11 is 0. The van der Waals surface area contributed by atoms with E-state index in [9.17, 15) is 13.2 Å². The molecule has 0 bridgehead atoms. The van der Waals surface area contributed by atoms with Crippen molar-refractivity contribution in [2.24, 2.45) is 0 Å². The lowest BCUT2D eigenvalue weighted by atomic mass is 10.2. The highest BCUT2D eigenvalue weighted by Crippen LogP contribution is 2.40. The summed E-state index contributed by atoms with van der Waals surface area (Å²) in [6.45, 7) is 18.0. The molecule has 0 unspecified atom stereocenters. The first-order chi connectivity index (χ1) is 11.8. The van der Waals surface area contributed by atoms with E-state index in [1.165, 1.54) is 0 Å². The van der Waals surface area contributed by atoms with E-state index in [-0.39, 0.29) is 23.8 Å². The monoisotopic (exact) mass is 423 g/mol. The molecule has 1 heterocycles. The molecule has 1 rings (SSSR count). The van der Waals surface area contributed by atoms with Crippen molar-refractivity contribution in [1.29, 1.82) is 0 Å². The Morgan fingerprint density at radius 1 is 1.15 bits per heavy atom. The van der Waals surface area contributed by atoms with Crippen LogP contribution in [0.4, 0.5) is 4.79 Å². The van der Waals surface area contributed by atoms with Crippen molar-refractivity contribution < 1.29 is 26.6 Å². The number of amides is 1. The van der Waals surface area contributed by atoms with Crippen molar-refractivity contribution in [3.63, 3.8) is 0 Å². The van der Waals surface area contributed by atoms with Crippen molar-refractivity contribution in [2.45, 2.75) is 96.8 Å². The van der Waals surface area contributed by atoms with Gasteiger partial charge in [0.05, 0.1) is 31.1 Å². The van der Waals surface area contributed by atoms with Crippen molar-refractivity contribution in [1.82, 2.24) is 4.90 Å². The molecular formula is C18H37NO6SSi. The van der Waals surface area contributed by atoms with Gasteiger partial charge in [-0.2, -0.15) is 8.42 Å². The molecule has 160 valence electrons. The van der Waals surface area contributed by atoms with E-state index in [0.29, 0.717) is 6.42 Å². The molecule has 0 aromatic rings. The number of hydrogen-bond donors (Lipinski definition) is 0. The fourth-order valence-corrected chi connectivity index (χ4v) is 4.58. The molecule has 0 aromatic heterocycles. The molecule has 9 heteroatoms. The highest BCUT2D eigenvalue weighted by molar-refractivity contribution is 7.85. The maximum absolute atomic E-state index is 12.8. The Hall–Kier alpha value is -0.643. The summed E-state index contributed by atoms with van der Waals surface area (Å²) in [5, 5.41) is 0.0326. The first kappa shape index (κ1) is 24.4. The normalized spacial score (nSPS) is 25.0. The lowest BCUT2D eigenvalue weighted by molar-refractivity contribution is 0.00807. The molecular weight excluding hydrogens is 386 g/mol. The van der Waals surface area contributed by atoms with Crippen LogP contribution >= 0.6 is 0 Å². The van der Waals surface area contributed by atoms with E-state index < -0.39 is 36.2 Å². The van der Waals surface area contributed by atoms with E-state index in [4.69, 9.17) is 13.3 Å². The topological polar surface area (TPSA) is 82.1 Å². The molecule has 7 nitrogen and oxygen atoms in total. The average Bonchev–Trinajstić information content (AvgIpc) is 2.68. The number of likely N-dealkylation sites (tertiary alicyclic amines) is 1. The van der Waals surface area contributed by atoms with E-state index in [1.807, 2.05) is 6.92 Å². The highest BCUT2D eigenvalue weighted by atomic mass is 32.2. The second-order valence-electron chi connectivity index (χ2n) is 9.92. The number of ether oxygens (including phenoxy) is 1. The number of rotatable bonds is 5. The van der Waals surface area contributed by atoms with Gasteiger partial charge in [0.2, 0.25) is 0 Å². The zero-order valence-electron chi connectivity index (χ0n) is 18.5. The van der Waals surface area contributed by atoms with Crippen LogP contribution in [0.1, 0.15) is 54.9 Å². The first-order valence-corrected chi connectivity index (χ1v) is 14.1. The lowest BCUT2D eigenvalue weighted by Gasteiger charge is -2.39. The summed E-state index contributed by atoms with van der Waals surface area (Å²) in [6, 6.07) is -0.651. The summed E-state index contributed by atoms with van der Waals surface area (Å²) in [4.78, 5) is 14.3. The third-order valence-corrected chi connectivity index (χ3v) is 10.3. The highest BCUT2D eigenvalue weighted by Gasteiger charge is 2.48. The third-order valence-electron chi connectivity index (χ3n) is 5.21. The van der Waals surface area contributed by atoms with E-state index >= 15 is 0 Å². The molecule has 0 radical (unpaired) electrons. The van der Waals surface area contributed by atoms with Crippen LogP contribution < -0.4 is 0 Å². The maximum atomic E-state index is 12.8. The second kappa shape index (κ2) is 8.00. The van der Waals surface area contributed by atoms with Crippen LogP contribution in [0.15, 0.2) is 0 Å². The van der Waals surface area contributed by atoms with Gasteiger partial charge in [-0.25, -0.2) is 4.79 Å². The van der Waals surface area contributed by atoms with E-state index in [2.05, 4.69) is 33.9 Å². The van der Waals surface area contributed by atoms with Gasteiger partial charge in [-0.1, -0.05) is 20.8 Å². The number of carbonyl (C=O) groups excluding carboxylic acids is 1. The Kier molecular flexibility index (Phi) is 7.23. The van der Waals surface area contributed by atoms with Crippen LogP contribution in [-0.4, -0.2) is 64.4 Å². The molecule has 1 amide bonds. The van der Waals surface area contributed by atoms with Crippen LogP contribution in [0.25, 0.3) is 0 Å². The van der Waals surface area contributed by atoms with Gasteiger partial charge < -0.3 is 9.16 Å². The molecule has 1 aliphatic heterocycles. The largest absolute Gasteiger partial charge is 0.444 e. The fraction of sp³-hybridized carbons (Fsp3) is 0.944. The minimum atomic E-state index is -3.60. The van der Waals surface area contributed by atoms with Crippen molar-refractivity contribution >= 4 is 24.5 Å². The smallest absolute Gasteiger partial charge is 0.410 e. The van der Waals surface area contributed by atoms with Crippen LogP contribution in [0.3, 0.4) is 0 Å². The molecule has 3 atom stereocenters. The molecule has 0 N–H and O–H groups in total. The first-order valence-electron chi connectivity index (χ1n) is 9.37. The zero-order chi connectivity index (χ0) is 21.4. The van der Waals surface area contributed by atoms with Crippen LogP contribution in [0.2, 0.25) is 18.1 Å². The molecule has 0 saturated carbocycles. The molecule has 0 spiro atoms. The van der Waals surface area contributed by atoms with Crippen LogP contribution in [0.5, 0.6) is 0 Å². The fourth-order valence-electron chi connectivity index (χ4n) is 2.77. The standard InChI is InChI=1S/C18H37NO6SSi/c1-13-15(25-27(9,10)18(5,6)7)11-14(12-23-26(8,21)22)19(13)16(20)24-17(2,3)4/h13-15H,11-12H2,1-10H3/t13-,14-,15+/m0/s1. The predicted octanol–water partition coefficient (Wildman–Crippen LogP) is 3.75. The number of nitrogens with zero attached hydrogens (tertiary/aromatic N) is 1. The molecule has 27 heavy (non-hydrogen) atoms. The number of carbonyl (C=O) groups is 1. The van der Waals surface area contributed by atoms with Crippen molar-refractivity contribution in [2.75, 3.05) is 12.9 Å². The Bertz CT molecular complexity index is 635. The lowest BCUT2D eigenvalue weighted by Crippen LogP contribution is -2.49. The quantitative estimate of drug-likeness (QED) is 0.495. The minimum Gasteiger partial charge on any atom is -0.444 e. The predicted molar refractivity (Wildman–Crippen MR) is 109 cm³/mol. The Balaban J connectivity index is 3.06. The van der Waals surface area contributed by atoms with Gasteiger partial charge in [-0.3, -0.25) is 9.08 Å². The maximum Gasteiger partial charge on any atom is 0.410 e. The Morgan fingerprint density at radius 3 is 2.07 bits per heavy atom. The SMILES string of the molecule is C[C@H]1[C@H](O[Si](C)(C)C(C)(C)C)C[C@@H](COS(C)(=O)=O)N1C(=O)OC(C)(C)C. The van der Waals surface area contributed by atoms with Gasteiger partial charge in [-0.05, 0) is 52.2 Å². The molecule has 1 fully saturated rings. The number of hydrogen-bond acceptors (Lipinski definition) is 6. The Labute approximate surface area is 166 Å². The van der Waals surface area contributed by atoms with E-state index in [0.717, 1.165) is 6.26 Å². The average molecular weight is 424 g/mol. The van der Waals surface area contributed by atoms with Crippen molar-refractivity contribution in [3.05, 3.63) is 0 Å². The van der Waals surface area contributed by atoms with Gasteiger partial charge in [0.25, 0.3) is 10.1 Å². The second-order valence-corrected chi connectivity index (χ2v) is 16.3. The van der Waals surface area contributed by atoms with Gasteiger partial charge in [0, 0.05) is 0 Å². The van der Waals surface area contributed by atoms with Gasteiger partial charge >= 0.3 is 6.09 Å². The van der Waals surface area contributed by atoms with E-state index in [1.54, 1.807) is 25.7 Å². The van der Waals surface area contributed by atoms with Crippen LogP contribution in [0, 0.1) is 0 Å². The summed E-state index contributed by atoms with van der Waals surface area (Å²) in [6.07, 6.45) is 0.861. The summed E-state index contributed by atoms with van der Waals surface area (Å²) < 4.78 is 39.9. The summed E-state index contributed by atoms with van der Waals surface area (Å²) in [7, 11) is -5.65. The van der Waals surface area contributed by atoms with Gasteiger partial charge in [0.1, 0.15) is 5.60 Å². The Morgan fingerprint density at radius 2 is 1.67 bits per heavy atom. The third kappa shape index (κ3) is 7.03.